The minimum absolute atomic E-state index is 0.0750. The van der Waals surface area contributed by atoms with Crippen molar-refractivity contribution in [3.8, 4) is 0 Å². The van der Waals surface area contributed by atoms with Crippen molar-refractivity contribution >= 4 is 23.8 Å². The van der Waals surface area contributed by atoms with Gasteiger partial charge >= 0.3 is 11.9 Å². The van der Waals surface area contributed by atoms with Gasteiger partial charge in [-0.2, -0.15) is 0 Å². The molecule has 0 aliphatic rings. The van der Waals surface area contributed by atoms with Gasteiger partial charge in [-0.1, -0.05) is 24.3 Å². The lowest BCUT2D eigenvalue weighted by molar-refractivity contribution is -0.140. The predicted octanol–water partition coefficient (Wildman–Crippen LogP) is 0.879. The average molecular weight is 412 g/mol. The Kier molecular flexibility index (Phi) is 8.18. The van der Waals surface area contributed by atoms with Crippen molar-refractivity contribution in [2.45, 2.75) is 24.9 Å². The number of hydrogen-bond donors (Lipinski definition) is 4. The molecule has 2 heterocycles. The van der Waals surface area contributed by atoms with E-state index >= 15 is 0 Å². The summed E-state index contributed by atoms with van der Waals surface area (Å²) >= 11 is 0. The molecule has 4 N–H and O–H groups in total. The molecule has 2 rings (SSSR count). The molecule has 0 saturated heterocycles. The van der Waals surface area contributed by atoms with E-state index in [1.165, 1.54) is 36.7 Å². The van der Waals surface area contributed by atoms with Gasteiger partial charge in [-0.15, -0.1) is 0 Å². The number of carbonyl (C=O) groups is 4. The fraction of sp³-hybridized carbons (Fsp3) is 0.200. The van der Waals surface area contributed by atoms with E-state index in [9.17, 15) is 29.4 Å². The van der Waals surface area contributed by atoms with Crippen molar-refractivity contribution in [2.75, 3.05) is 0 Å². The quantitative estimate of drug-likeness (QED) is 0.419. The summed E-state index contributed by atoms with van der Waals surface area (Å²) < 4.78 is 0. The van der Waals surface area contributed by atoms with Gasteiger partial charge in [-0.3, -0.25) is 19.6 Å². The van der Waals surface area contributed by atoms with Crippen molar-refractivity contribution in [1.29, 1.82) is 0 Å². The Bertz CT molecular complexity index is 842. The fourth-order valence-corrected chi connectivity index (χ4v) is 2.37. The first-order valence-electron chi connectivity index (χ1n) is 8.93. The molecule has 0 saturated carbocycles. The van der Waals surface area contributed by atoms with Gasteiger partial charge in [0.2, 0.25) is 0 Å². The van der Waals surface area contributed by atoms with Crippen LogP contribution in [0.5, 0.6) is 0 Å². The number of aromatic nitrogens is 2. The molecule has 2 aromatic rings. The van der Waals surface area contributed by atoms with Gasteiger partial charge in [0.15, 0.2) is 0 Å². The first-order valence-corrected chi connectivity index (χ1v) is 8.93. The van der Waals surface area contributed by atoms with Crippen molar-refractivity contribution in [3.63, 3.8) is 0 Å². The molecule has 2 aromatic heterocycles. The molecule has 30 heavy (non-hydrogen) atoms. The number of nitrogens with one attached hydrogen (secondary N) is 2. The van der Waals surface area contributed by atoms with Crippen LogP contribution in [0.25, 0.3) is 0 Å². The maximum Gasteiger partial charge on any atom is 0.326 e. The van der Waals surface area contributed by atoms with Crippen LogP contribution in [-0.2, 0) is 9.59 Å². The molecule has 156 valence electrons. The zero-order chi connectivity index (χ0) is 21.9. The first kappa shape index (κ1) is 22.2. The van der Waals surface area contributed by atoms with Crippen LogP contribution >= 0.6 is 0 Å². The van der Waals surface area contributed by atoms with Crippen LogP contribution in [0, 0.1) is 0 Å². The van der Waals surface area contributed by atoms with E-state index in [4.69, 9.17) is 0 Å². The summed E-state index contributed by atoms with van der Waals surface area (Å²) in [4.78, 5) is 54.6. The van der Waals surface area contributed by atoms with E-state index < -0.39 is 35.8 Å². The summed E-state index contributed by atoms with van der Waals surface area (Å²) in [5, 5.41) is 23.3. The Morgan fingerprint density at radius 2 is 1.17 bits per heavy atom. The Labute approximate surface area is 171 Å². The van der Waals surface area contributed by atoms with E-state index in [0.29, 0.717) is 0 Å². The average Bonchev–Trinajstić information content (AvgIpc) is 2.75. The molecule has 10 heteroatoms. The third kappa shape index (κ3) is 6.82. The van der Waals surface area contributed by atoms with Gasteiger partial charge in [-0.05, 0) is 37.1 Å². The summed E-state index contributed by atoms with van der Waals surface area (Å²) in [5.74, 6) is -3.77. The number of rotatable bonds is 10. The smallest absolute Gasteiger partial charge is 0.326 e. The number of carbonyl (C=O) groups excluding carboxylic acids is 2. The van der Waals surface area contributed by atoms with Gasteiger partial charge in [0.25, 0.3) is 11.8 Å². The largest absolute Gasteiger partial charge is 0.480 e. The lowest BCUT2D eigenvalue weighted by Crippen LogP contribution is -2.41. The molecule has 10 nitrogen and oxygen atoms in total. The SMILES string of the molecule is O=C(NC(CC=CC[C@@H](NC(=O)c1ccccn1)C(=O)O)C(=O)O)c1ccccn1. The van der Waals surface area contributed by atoms with Crippen molar-refractivity contribution < 1.29 is 29.4 Å². The zero-order valence-electron chi connectivity index (χ0n) is 15.8. The Morgan fingerprint density at radius 1 is 0.767 bits per heavy atom. The topological polar surface area (TPSA) is 159 Å². The minimum atomic E-state index is -1.25. The van der Waals surface area contributed by atoms with Crippen molar-refractivity contribution in [2.24, 2.45) is 0 Å². The highest BCUT2D eigenvalue weighted by molar-refractivity contribution is 5.95. The molecule has 0 fully saturated rings. The van der Waals surface area contributed by atoms with Crippen LogP contribution in [0.3, 0.4) is 0 Å². The second-order valence-electron chi connectivity index (χ2n) is 6.10. The summed E-state index contributed by atoms with van der Waals surface area (Å²) in [7, 11) is 0. The maximum absolute atomic E-state index is 12.1. The highest BCUT2D eigenvalue weighted by Crippen LogP contribution is 2.03. The van der Waals surface area contributed by atoms with Crippen LogP contribution in [0.4, 0.5) is 0 Å². The van der Waals surface area contributed by atoms with E-state index in [1.54, 1.807) is 24.3 Å². The van der Waals surface area contributed by atoms with E-state index in [1.807, 2.05) is 0 Å². The lowest BCUT2D eigenvalue weighted by atomic mass is 10.1. The normalized spacial score (nSPS) is 12.7. The number of aliphatic carboxylic acids is 2. The summed E-state index contributed by atoms with van der Waals surface area (Å²) in [6.45, 7) is 0. The van der Waals surface area contributed by atoms with E-state index in [0.717, 1.165) is 0 Å². The highest BCUT2D eigenvalue weighted by atomic mass is 16.4. The molecule has 0 aliphatic heterocycles. The fourth-order valence-electron chi connectivity index (χ4n) is 2.37. The molecule has 2 amide bonds. The number of nitrogens with zero attached hydrogens (tertiary/aromatic N) is 2. The molecule has 0 bridgehead atoms. The molecular weight excluding hydrogens is 392 g/mol. The highest BCUT2D eigenvalue weighted by Gasteiger charge is 2.21. The zero-order valence-corrected chi connectivity index (χ0v) is 15.8. The second-order valence-corrected chi connectivity index (χ2v) is 6.10. The number of pyridine rings is 2. The van der Waals surface area contributed by atoms with Crippen molar-refractivity contribution in [3.05, 3.63) is 72.3 Å². The molecule has 2 atom stereocenters. The maximum atomic E-state index is 12.1. The Balaban J connectivity index is 1.91. The summed E-state index contributed by atoms with van der Waals surface area (Å²) in [6, 6.07) is 6.91. The standard InChI is InChI=1S/C20H20N4O6/c25-17(13-7-3-5-11-21-13)23-15(19(27)28)9-1-2-10-16(20(29)30)24-18(26)14-8-4-6-12-22-14/h1-8,11-12,15-16H,9-10H2,(H,23,25)(H,24,26)(H,27,28)(H,29,30)/t15-,16?/m1/s1. The summed E-state index contributed by atoms with van der Waals surface area (Å²) in [6.07, 6.45) is 5.54. The Hall–Kier alpha value is -4.08. The molecule has 0 radical (unpaired) electrons. The van der Waals surface area contributed by atoms with Gasteiger partial charge in [0, 0.05) is 12.4 Å². The second kappa shape index (κ2) is 11.1. The molecule has 0 spiro atoms. The van der Waals surface area contributed by atoms with E-state index in [2.05, 4.69) is 20.6 Å². The van der Waals surface area contributed by atoms with Crippen LogP contribution in [0.1, 0.15) is 33.8 Å². The minimum Gasteiger partial charge on any atom is -0.480 e. The van der Waals surface area contributed by atoms with Gasteiger partial charge < -0.3 is 20.8 Å². The van der Waals surface area contributed by atoms with Crippen LogP contribution < -0.4 is 10.6 Å². The molecule has 0 aromatic carbocycles. The van der Waals surface area contributed by atoms with Gasteiger partial charge in [0.1, 0.15) is 23.5 Å². The third-order valence-corrected chi connectivity index (χ3v) is 3.91. The lowest BCUT2D eigenvalue weighted by Gasteiger charge is -2.13. The first-order chi connectivity index (χ1) is 14.4. The molecule has 0 aliphatic carbocycles. The number of hydrogen-bond acceptors (Lipinski definition) is 6. The van der Waals surface area contributed by atoms with Crippen LogP contribution in [0.15, 0.2) is 60.9 Å². The number of amides is 2. The molecular formula is C20H20N4O6. The van der Waals surface area contributed by atoms with Crippen molar-refractivity contribution in [1.82, 2.24) is 20.6 Å². The monoisotopic (exact) mass is 412 g/mol. The molecule has 1 unspecified atom stereocenters. The number of carboxylic acids is 2. The summed E-state index contributed by atoms with van der Waals surface area (Å²) in [5.41, 5.74) is 0.159. The predicted molar refractivity (Wildman–Crippen MR) is 105 cm³/mol. The van der Waals surface area contributed by atoms with Gasteiger partial charge in [0.05, 0.1) is 0 Å². The van der Waals surface area contributed by atoms with Gasteiger partial charge in [-0.25, -0.2) is 9.59 Å². The Morgan fingerprint density at radius 3 is 1.47 bits per heavy atom. The number of carboxylic acid groups (broad SMARTS) is 2. The van der Waals surface area contributed by atoms with E-state index in [-0.39, 0.29) is 24.2 Å². The third-order valence-electron chi connectivity index (χ3n) is 3.91. The van der Waals surface area contributed by atoms with Crippen LogP contribution in [0.2, 0.25) is 0 Å². The van der Waals surface area contributed by atoms with Crippen LogP contribution in [-0.4, -0.2) is 56.0 Å².